The second kappa shape index (κ2) is 4.49. The van der Waals surface area contributed by atoms with Gasteiger partial charge in [0.15, 0.2) is 0 Å². The van der Waals surface area contributed by atoms with Crippen molar-refractivity contribution in [1.82, 2.24) is 5.32 Å². The van der Waals surface area contributed by atoms with Gasteiger partial charge in [0.25, 0.3) is 0 Å². The average molecular weight is 268 g/mol. The number of nitrogens with one attached hydrogen (secondary N) is 2. The maximum absolute atomic E-state index is 12.1. The van der Waals surface area contributed by atoms with Crippen LogP contribution >= 0.6 is 11.6 Å². The summed E-state index contributed by atoms with van der Waals surface area (Å²) in [6.07, 6.45) is 0.186. The lowest BCUT2D eigenvalue weighted by atomic mass is 9.88. The van der Waals surface area contributed by atoms with Crippen molar-refractivity contribution in [3.05, 3.63) is 23.2 Å². The fourth-order valence-corrected chi connectivity index (χ4v) is 2.08. The van der Waals surface area contributed by atoms with Gasteiger partial charge in [-0.2, -0.15) is 0 Å². The summed E-state index contributed by atoms with van der Waals surface area (Å²) in [6.45, 7) is 2.08. The second-order valence-corrected chi connectivity index (χ2v) is 5.11. The monoisotopic (exact) mass is 267 g/mol. The smallest absolute Gasteiger partial charge is 0.232 e. The Hall–Kier alpha value is -1.75. The van der Waals surface area contributed by atoms with Gasteiger partial charge in [-0.3, -0.25) is 9.59 Å². The Kier molecular flexibility index (Phi) is 3.17. The summed E-state index contributed by atoms with van der Waals surface area (Å²) in [6, 6.07) is 4.86. The largest absolute Gasteiger partial charge is 0.399 e. The highest BCUT2D eigenvalue weighted by Gasteiger charge is 2.40. The first kappa shape index (κ1) is 12.7. The third-order valence-corrected chi connectivity index (χ3v) is 3.33. The number of anilines is 2. The van der Waals surface area contributed by atoms with E-state index in [1.54, 1.807) is 25.1 Å². The molecule has 1 aromatic carbocycles. The number of benzene rings is 1. The summed E-state index contributed by atoms with van der Waals surface area (Å²) in [5.41, 5.74) is 5.86. The lowest BCUT2D eigenvalue weighted by Gasteiger charge is -2.20. The average Bonchev–Trinajstić information content (AvgIpc) is 2.64. The Morgan fingerprint density at radius 2 is 2.28 bits per heavy atom. The Bertz CT molecular complexity index is 518. The van der Waals surface area contributed by atoms with Crippen LogP contribution in [0.2, 0.25) is 5.02 Å². The zero-order chi connectivity index (χ0) is 13.3. The van der Waals surface area contributed by atoms with Gasteiger partial charge in [0.2, 0.25) is 11.8 Å². The molecule has 1 aliphatic heterocycles. The van der Waals surface area contributed by atoms with Gasteiger partial charge in [-0.25, -0.2) is 0 Å². The van der Waals surface area contributed by atoms with E-state index in [0.717, 1.165) is 0 Å². The quantitative estimate of drug-likeness (QED) is 0.708. The zero-order valence-electron chi connectivity index (χ0n) is 9.92. The molecule has 96 valence electrons. The molecule has 1 fully saturated rings. The lowest BCUT2D eigenvalue weighted by Crippen LogP contribution is -2.35. The van der Waals surface area contributed by atoms with E-state index in [0.29, 0.717) is 22.9 Å². The number of carbonyl (C=O) groups excluding carboxylic acids is 2. The number of amides is 2. The lowest BCUT2D eigenvalue weighted by molar-refractivity contribution is -0.126. The third kappa shape index (κ3) is 2.41. The molecule has 4 N–H and O–H groups in total. The van der Waals surface area contributed by atoms with Crippen molar-refractivity contribution in [3.63, 3.8) is 0 Å². The minimum absolute atomic E-state index is 0.115. The van der Waals surface area contributed by atoms with Crippen molar-refractivity contribution in [2.24, 2.45) is 5.41 Å². The first-order valence-electron chi connectivity index (χ1n) is 5.54. The summed E-state index contributed by atoms with van der Waals surface area (Å²) >= 11 is 5.98. The normalized spacial score (nSPS) is 22.7. The topological polar surface area (TPSA) is 84.2 Å². The molecule has 6 heteroatoms. The van der Waals surface area contributed by atoms with Gasteiger partial charge in [0, 0.05) is 18.7 Å². The van der Waals surface area contributed by atoms with Crippen LogP contribution in [0.5, 0.6) is 0 Å². The van der Waals surface area contributed by atoms with E-state index in [1.165, 1.54) is 0 Å². The molecule has 0 radical (unpaired) electrons. The molecule has 2 rings (SSSR count). The number of halogens is 1. The molecular weight excluding hydrogens is 254 g/mol. The summed E-state index contributed by atoms with van der Waals surface area (Å²) in [5, 5.41) is 5.75. The van der Waals surface area contributed by atoms with Crippen molar-refractivity contribution in [2.45, 2.75) is 13.3 Å². The Morgan fingerprint density at radius 1 is 1.56 bits per heavy atom. The van der Waals surface area contributed by atoms with Crippen LogP contribution in [0, 0.1) is 5.41 Å². The highest BCUT2D eigenvalue weighted by molar-refractivity contribution is 6.34. The first-order valence-corrected chi connectivity index (χ1v) is 5.92. The van der Waals surface area contributed by atoms with Gasteiger partial charge in [-0.05, 0) is 25.1 Å². The van der Waals surface area contributed by atoms with Crippen LogP contribution in [-0.2, 0) is 9.59 Å². The second-order valence-electron chi connectivity index (χ2n) is 4.71. The van der Waals surface area contributed by atoms with E-state index in [-0.39, 0.29) is 18.2 Å². The van der Waals surface area contributed by atoms with Crippen molar-refractivity contribution >= 4 is 34.8 Å². The van der Waals surface area contributed by atoms with E-state index in [2.05, 4.69) is 10.6 Å². The Balaban J connectivity index is 2.14. The minimum atomic E-state index is -0.734. The maximum Gasteiger partial charge on any atom is 0.232 e. The predicted octanol–water partition coefficient (Wildman–Crippen LogP) is 1.39. The van der Waals surface area contributed by atoms with Crippen molar-refractivity contribution in [2.75, 3.05) is 17.6 Å². The molecular formula is C12H14ClN3O2. The number of rotatable bonds is 2. The number of nitrogens with two attached hydrogens (primary N) is 1. The molecule has 0 aromatic heterocycles. The van der Waals surface area contributed by atoms with Gasteiger partial charge in [-0.1, -0.05) is 11.6 Å². The van der Waals surface area contributed by atoms with E-state index < -0.39 is 5.41 Å². The molecule has 0 spiro atoms. The summed E-state index contributed by atoms with van der Waals surface area (Å²) in [4.78, 5) is 23.3. The number of nitrogen functional groups attached to an aromatic ring is 1. The molecule has 1 aliphatic rings. The number of hydrogen-bond acceptors (Lipinski definition) is 3. The SMILES string of the molecule is CC1(C(=O)Nc2ccc(N)cc2Cl)CNC(=O)C1. The molecule has 1 heterocycles. The molecule has 1 saturated heterocycles. The van der Waals surface area contributed by atoms with Crippen LogP contribution in [0.25, 0.3) is 0 Å². The van der Waals surface area contributed by atoms with Crippen molar-refractivity contribution < 1.29 is 9.59 Å². The van der Waals surface area contributed by atoms with E-state index in [4.69, 9.17) is 17.3 Å². The maximum atomic E-state index is 12.1. The Morgan fingerprint density at radius 3 is 2.83 bits per heavy atom. The third-order valence-electron chi connectivity index (χ3n) is 3.02. The van der Waals surface area contributed by atoms with Crippen LogP contribution in [0.3, 0.4) is 0 Å². The van der Waals surface area contributed by atoms with Crippen LogP contribution in [0.15, 0.2) is 18.2 Å². The molecule has 1 atom stereocenters. The minimum Gasteiger partial charge on any atom is -0.399 e. The highest BCUT2D eigenvalue weighted by Crippen LogP contribution is 2.30. The number of hydrogen-bond donors (Lipinski definition) is 3. The molecule has 5 nitrogen and oxygen atoms in total. The number of carbonyl (C=O) groups is 2. The summed E-state index contributed by atoms with van der Waals surface area (Å²) in [7, 11) is 0. The molecule has 1 aromatic rings. The summed E-state index contributed by atoms with van der Waals surface area (Å²) in [5.74, 6) is -0.344. The van der Waals surface area contributed by atoms with Crippen molar-refractivity contribution in [3.8, 4) is 0 Å². The van der Waals surface area contributed by atoms with Crippen molar-refractivity contribution in [1.29, 1.82) is 0 Å². The predicted molar refractivity (Wildman–Crippen MR) is 70.2 cm³/mol. The molecule has 2 amide bonds. The van der Waals surface area contributed by atoms with E-state index in [9.17, 15) is 9.59 Å². The fourth-order valence-electron chi connectivity index (χ4n) is 1.84. The van der Waals surface area contributed by atoms with E-state index >= 15 is 0 Å². The zero-order valence-corrected chi connectivity index (χ0v) is 10.7. The van der Waals surface area contributed by atoms with Crippen LogP contribution in [0.1, 0.15) is 13.3 Å². The van der Waals surface area contributed by atoms with Crippen LogP contribution < -0.4 is 16.4 Å². The van der Waals surface area contributed by atoms with Gasteiger partial charge in [0.05, 0.1) is 16.1 Å². The van der Waals surface area contributed by atoms with Gasteiger partial charge in [0.1, 0.15) is 0 Å². The van der Waals surface area contributed by atoms with Gasteiger partial charge in [-0.15, -0.1) is 0 Å². The Labute approximate surface area is 110 Å². The standard InChI is InChI=1S/C12H14ClN3O2/c1-12(5-10(17)15-6-12)11(18)16-9-3-2-7(14)4-8(9)13/h2-4H,5-6,14H2,1H3,(H,15,17)(H,16,18). The highest BCUT2D eigenvalue weighted by atomic mass is 35.5. The van der Waals surface area contributed by atoms with Gasteiger partial charge >= 0.3 is 0 Å². The summed E-state index contributed by atoms with van der Waals surface area (Å²) < 4.78 is 0. The fraction of sp³-hybridized carbons (Fsp3) is 0.333. The molecule has 1 unspecified atom stereocenters. The molecule has 0 aliphatic carbocycles. The first-order chi connectivity index (χ1) is 8.40. The van der Waals surface area contributed by atoms with Gasteiger partial charge < -0.3 is 16.4 Å². The molecule has 0 saturated carbocycles. The van der Waals surface area contributed by atoms with Crippen LogP contribution in [0.4, 0.5) is 11.4 Å². The molecule has 0 bridgehead atoms. The van der Waals surface area contributed by atoms with E-state index in [1.807, 2.05) is 0 Å². The van der Waals surface area contributed by atoms with Crippen LogP contribution in [-0.4, -0.2) is 18.4 Å². The molecule has 18 heavy (non-hydrogen) atoms.